The van der Waals surface area contributed by atoms with Crippen LogP contribution < -0.4 is 9.46 Å². The second-order valence-electron chi connectivity index (χ2n) is 6.72. The number of ether oxygens (including phenoxy) is 1. The Balaban J connectivity index is 2.58. The Morgan fingerprint density at radius 2 is 1.40 bits per heavy atom. The summed E-state index contributed by atoms with van der Waals surface area (Å²) in [5.41, 5.74) is -3.08. The Morgan fingerprint density at radius 1 is 0.886 bits per heavy atom. The number of benzene rings is 2. The van der Waals surface area contributed by atoms with Crippen molar-refractivity contribution >= 4 is 38.9 Å². The number of hydrogen-bond acceptors (Lipinski definition) is 7. The Kier molecular flexibility index (Phi) is 8.29. The molecule has 0 saturated carbocycles. The lowest BCUT2D eigenvalue weighted by atomic mass is 10.1. The summed E-state index contributed by atoms with van der Waals surface area (Å²) < 4.78 is 112. The van der Waals surface area contributed by atoms with E-state index in [1.807, 2.05) is 4.72 Å². The maximum absolute atomic E-state index is 13.5. The van der Waals surface area contributed by atoms with Gasteiger partial charge in [0.1, 0.15) is 10.6 Å². The molecule has 0 amide bonds. The highest BCUT2D eigenvalue weighted by Gasteiger charge is 2.38. The number of alkyl halides is 6. The minimum Gasteiger partial charge on any atom is -0.444 e. The van der Waals surface area contributed by atoms with Crippen molar-refractivity contribution in [3.05, 3.63) is 51.5 Å². The highest BCUT2D eigenvalue weighted by molar-refractivity contribution is 7.93. The molecular formula is C18H15Cl2F6N5O3S. The number of halogens is 8. The Morgan fingerprint density at radius 3 is 1.83 bits per heavy atom. The fraction of sp³-hybridized carbons (Fsp3) is 0.333. The smallest absolute Gasteiger partial charge is 0.419 e. The first kappa shape index (κ1) is 28.6. The zero-order valence-corrected chi connectivity index (χ0v) is 20.2. The summed E-state index contributed by atoms with van der Waals surface area (Å²) in [6, 6.07) is 2.62. The molecule has 0 aliphatic rings. The lowest BCUT2D eigenvalue weighted by Crippen LogP contribution is -2.28. The SMILES string of the molecule is CN=NC(C)(N=NC)Oc1cc(NS(=O)(=O)c2c(Cl)cc(C(F)(F)F)cc2Cl)ccc1C(F)(F)F. The van der Waals surface area contributed by atoms with Gasteiger partial charge in [0.05, 0.1) is 26.9 Å². The number of anilines is 1. The van der Waals surface area contributed by atoms with Gasteiger partial charge >= 0.3 is 18.2 Å². The summed E-state index contributed by atoms with van der Waals surface area (Å²) in [4.78, 5) is -0.916. The van der Waals surface area contributed by atoms with Gasteiger partial charge in [-0.1, -0.05) is 23.2 Å². The van der Waals surface area contributed by atoms with E-state index in [2.05, 4.69) is 20.5 Å². The Hall–Kier alpha value is -2.65. The van der Waals surface area contributed by atoms with Crippen LogP contribution in [0, 0.1) is 0 Å². The van der Waals surface area contributed by atoms with Gasteiger partial charge in [0.25, 0.3) is 10.0 Å². The number of azo groups is 2. The Labute approximate surface area is 205 Å². The first-order valence-electron chi connectivity index (χ1n) is 9.05. The minimum atomic E-state index is -4.93. The third-order valence-corrected chi connectivity index (χ3v) is 6.31. The lowest BCUT2D eigenvalue weighted by molar-refractivity contribution is -0.140. The van der Waals surface area contributed by atoms with Crippen LogP contribution in [0.3, 0.4) is 0 Å². The summed E-state index contributed by atoms with van der Waals surface area (Å²) >= 11 is 11.5. The van der Waals surface area contributed by atoms with Gasteiger partial charge in [-0.15, -0.1) is 10.2 Å². The first-order valence-corrected chi connectivity index (χ1v) is 11.3. The van der Waals surface area contributed by atoms with Crippen LogP contribution in [0.5, 0.6) is 5.75 Å². The molecule has 192 valence electrons. The van der Waals surface area contributed by atoms with Gasteiger partial charge in [-0.25, -0.2) is 8.42 Å². The molecular weight excluding hydrogens is 551 g/mol. The first-order chi connectivity index (χ1) is 15.9. The molecule has 0 aliphatic heterocycles. The largest absolute Gasteiger partial charge is 0.444 e. The molecule has 0 unspecified atom stereocenters. The molecule has 17 heteroatoms. The van der Waals surface area contributed by atoms with E-state index in [1.54, 1.807) is 0 Å². The van der Waals surface area contributed by atoms with Crippen LogP contribution in [-0.2, 0) is 22.4 Å². The maximum Gasteiger partial charge on any atom is 0.419 e. The molecule has 0 atom stereocenters. The molecule has 0 aromatic heterocycles. The number of rotatable bonds is 7. The molecule has 0 fully saturated rings. The highest BCUT2D eigenvalue weighted by Crippen LogP contribution is 2.41. The van der Waals surface area contributed by atoms with Gasteiger partial charge in [0.2, 0.25) is 0 Å². The Bertz CT molecular complexity index is 1230. The predicted molar refractivity (Wildman–Crippen MR) is 114 cm³/mol. The van der Waals surface area contributed by atoms with E-state index in [-0.39, 0.29) is 0 Å². The molecule has 2 aromatic rings. The van der Waals surface area contributed by atoms with E-state index in [1.165, 1.54) is 14.1 Å². The number of nitrogens with one attached hydrogen (secondary N) is 1. The van der Waals surface area contributed by atoms with Crippen LogP contribution in [0.25, 0.3) is 0 Å². The van der Waals surface area contributed by atoms with E-state index >= 15 is 0 Å². The molecule has 35 heavy (non-hydrogen) atoms. The van der Waals surface area contributed by atoms with Crippen LogP contribution in [0.15, 0.2) is 55.7 Å². The molecule has 0 saturated heterocycles. The third kappa shape index (κ3) is 6.95. The molecule has 2 rings (SSSR count). The van der Waals surface area contributed by atoms with Crippen LogP contribution in [0.1, 0.15) is 18.1 Å². The molecule has 0 heterocycles. The molecule has 0 radical (unpaired) electrons. The van der Waals surface area contributed by atoms with Gasteiger partial charge in [-0.2, -0.15) is 36.6 Å². The maximum atomic E-state index is 13.5. The van der Waals surface area contributed by atoms with Gasteiger partial charge in [0.15, 0.2) is 0 Å². The predicted octanol–water partition coefficient (Wildman–Crippen LogP) is 7.05. The van der Waals surface area contributed by atoms with Crippen molar-refractivity contribution < 1.29 is 39.5 Å². The summed E-state index contributed by atoms with van der Waals surface area (Å²) in [6.45, 7) is 1.14. The van der Waals surface area contributed by atoms with Crippen molar-refractivity contribution in [3.8, 4) is 5.75 Å². The van der Waals surface area contributed by atoms with Crippen molar-refractivity contribution in [1.29, 1.82) is 0 Å². The van der Waals surface area contributed by atoms with Crippen molar-refractivity contribution in [3.63, 3.8) is 0 Å². The fourth-order valence-electron chi connectivity index (χ4n) is 2.73. The van der Waals surface area contributed by atoms with Gasteiger partial charge in [-0.05, 0) is 24.3 Å². The second-order valence-corrected chi connectivity index (χ2v) is 9.15. The zero-order chi connectivity index (χ0) is 26.8. The minimum absolute atomic E-state index is 0.347. The molecule has 1 N–H and O–H groups in total. The van der Waals surface area contributed by atoms with E-state index in [9.17, 15) is 34.8 Å². The number of sulfonamides is 1. The van der Waals surface area contributed by atoms with Gasteiger partial charge < -0.3 is 4.74 Å². The standard InChI is InChI=1S/C18H15Cl2F6N5O3S/c1-16(30-27-2,31-28-3)34-14-8-10(4-5-11(14)18(24,25)26)29-35(32,33)15-12(19)6-9(7-13(15)20)17(21,22)23/h4-8,29H,1-3H3. The van der Waals surface area contributed by atoms with E-state index in [0.29, 0.717) is 24.3 Å². The lowest BCUT2D eigenvalue weighted by Gasteiger charge is -2.23. The van der Waals surface area contributed by atoms with Crippen molar-refractivity contribution in [2.75, 3.05) is 18.8 Å². The van der Waals surface area contributed by atoms with Crippen molar-refractivity contribution in [1.82, 2.24) is 0 Å². The van der Waals surface area contributed by atoms with Crippen LogP contribution in [0.4, 0.5) is 32.0 Å². The zero-order valence-electron chi connectivity index (χ0n) is 17.8. The average molecular weight is 566 g/mol. The number of hydrogen-bond donors (Lipinski definition) is 1. The summed E-state index contributed by atoms with van der Waals surface area (Å²) in [5.74, 6) is -2.93. The van der Waals surface area contributed by atoms with Gasteiger partial charge in [-0.3, -0.25) is 4.72 Å². The topological polar surface area (TPSA) is 105 Å². The molecule has 2 aromatic carbocycles. The molecule has 8 nitrogen and oxygen atoms in total. The monoisotopic (exact) mass is 565 g/mol. The quantitative estimate of drug-likeness (QED) is 0.287. The summed E-state index contributed by atoms with van der Waals surface area (Å²) in [5, 5.41) is 12.3. The molecule has 0 aliphatic carbocycles. The highest BCUT2D eigenvalue weighted by atomic mass is 35.5. The average Bonchev–Trinajstić information content (AvgIpc) is 2.65. The molecule has 0 bridgehead atoms. The van der Waals surface area contributed by atoms with Gasteiger partial charge in [0, 0.05) is 27.1 Å². The normalized spacial score (nSPS) is 14.9. The van der Waals surface area contributed by atoms with Crippen LogP contribution >= 0.6 is 23.2 Å². The number of nitrogens with zero attached hydrogens (tertiary/aromatic N) is 4. The van der Waals surface area contributed by atoms with E-state index in [0.717, 1.165) is 13.0 Å². The van der Waals surface area contributed by atoms with Crippen molar-refractivity contribution in [2.24, 2.45) is 20.5 Å². The van der Waals surface area contributed by atoms with E-state index in [4.69, 9.17) is 27.9 Å². The third-order valence-electron chi connectivity index (χ3n) is 4.01. The summed E-state index contributed by atoms with van der Waals surface area (Å²) in [7, 11) is -2.35. The van der Waals surface area contributed by atoms with Crippen molar-refractivity contribution in [2.45, 2.75) is 30.0 Å². The second kappa shape index (κ2) is 10.1. The van der Waals surface area contributed by atoms with E-state index < -0.39 is 65.7 Å². The fourth-order valence-corrected chi connectivity index (χ4v) is 5.00. The van der Waals surface area contributed by atoms with Crippen LogP contribution in [-0.4, -0.2) is 28.4 Å². The molecule has 0 spiro atoms. The summed E-state index contributed by atoms with van der Waals surface area (Å²) in [6.07, 6.45) is -9.79. The van der Waals surface area contributed by atoms with Crippen LogP contribution in [0.2, 0.25) is 10.0 Å².